The molecule has 0 fully saturated rings. The molecule has 0 spiro atoms. The van der Waals surface area contributed by atoms with Crippen molar-refractivity contribution in [3.05, 3.63) is 77.0 Å². The Hall–Kier alpha value is -3.28. The summed E-state index contributed by atoms with van der Waals surface area (Å²) in [4.78, 5) is 25.3. The van der Waals surface area contributed by atoms with Crippen LogP contribution in [0, 0.1) is 20.8 Å². The lowest BCUT2D eigenvalue weighted by Crippen LogP contribution is -2.16. The van der Waals surface area contributed by atoms with E-state index in [2.05, 4.69) is 25.6 Å². The molecule has 3 aromatic rings. The number of rotatable bonds is 5. The number of carbonyl (C=O) groups is 1. The van der Waals surface area contributed by atoms with Gasteiger partial charge in [-0.3, -0.25) is 9.78 Å². The molecular weight excluding hydrogens is 326 g/mol. The third-order valence-electron chi connectivity index (χ3n) is 3.90. The Balaban J connectivity index is 1.75. The lowest BCUT2D eigenvalue weighted by Gasteiger charge is -2.11. The summed E-state index contributed by atoms with van der Waals surface area (Å²) in [6.45, 7) is 6.33. The highest BCUT2D eigenvalue weighted by Crippen LogP contribution is 2.17. The van der Waals surface area contributed by atoms with Gasteiger partial charge in [0.1, 0.15) is 17.3 Å². The van der Waals surface area contributed by atoms with Crippen molar-refractivity contribution in [3.63, 3.8) is 0 Å². The molecule has 2 N–H and O–H groups in total. The maximum atomic E-state index is 12.6. The molecule has 0 bridgehead atoms. The first-order valence-electron chi connectivity index (χ1n) is 8.38. The van der Waals surface area contributed by atoms with Gasteiger partial charge in [0.15, 0.2) is 0 Å². The Morgan fingerprint density at radius 3 is 2.65 bits per heavy atom. The Labute approximate surface area is 152 Å². The van der Waals surface area contributed by atoms with Gasteiger partial charge in [0, 0.05) is 30.7 Å². The first-order chi connectivity index (χ1) is 12.5. The Kier molecular flexibility index (Phi) is 5.22. The fourth-order valence-electron chi connectivity index (χ4n) is 2.61. The minimum atomic E-state index is -0.258. The Morgan fingerprint density at radius 1 is 1.08 bits per heavy atom. The first-order valence-corrected chi connectivity index (χ1v) is 8.38. The minimum Gasteiger partial charge on any atom is -0.366 e. The first kappa shape index (κ1) is 17.5. The van der Waals surface area contributed by atoms with Crippen molar-refractivity contribution in [1.82, 2.24) is 15.0 Å². The lowest BCUT2D eigenvalue weighted by molar-refractivity contribution is 0.102. The van der Waals surface area contributed by atoms with Crippen LogP contribution in [0.15, 0.2) is 48.8 Å². The second-order valence-electron chi connectivity index (χ2n) is 6.17. The molecule has 26 heavy (non-hydrogen) atoms. The van der Waals surface area contributed by atoms with E-state index in [1.54, 1.807) is 25.4 Å². The van der Waals surface area contributed by atoms with Gasteiger partial charge in [-0.15, -0.1) is 0 Å². The molecule has 1 amide bonds. The van der Waals surface area contributed by atoms with Crippen molar-refractivity contribution in [2.75, 3.05) is 10.6 Å². The van der Waals surface area contributed by atoms with Gasteiger partial charge in [-0.05, 0) is 44.0 Å². The molecule has 6 nitrogen and oxygen atoms in total. The van der Waals surface area contributed by atoms with Gasteiger partial charge in [0.2, 0.25) is 0 Å². The number of aryl methyl sites for hydroxylation is 3. The van der Waals surface area contributed by atoms with Gasteiger partial charge < -0.3 is 10.6 Å². The number of aromatic nitrogens is 3. The zero-order chi connectivity index (χ0) is 18.5. The second kappa shape index (κ2) is 7.74. The predicted molar refractivity (Wildman–Crippen MR) is 102 cm³/mol. The van der Waals surface area contributed by atoms with Gasteiger partial charge in [-0.25, -0.2) is 9.97 Å². The summed E-state index contributed by atoms with van der Waals surface area (Å²) in [5, 5.41) is 6.12. The van der Waals surface area contributed by atoms with E-state index < -0.39 is 0 Å². The van der Waals surface area contributed by atoms with Gasteiger partial charge in [-0.2, -0.15) is 0 Å². The molecule has 0 aliphatic heterocycles. The quantitative estimate of drug-likeness (QED) is 0.736. The highest BCUT2D eigenvalue weighted by atomic mass is 16.1. The van der Waals surface area contributed by atoms with Crippen molar-refractivity contribution >= 4 is 17.4 Å². The number of hydrogen-bond acceptors (Lipinski definition) is 5. The molecule has 3 rings (SSSR count). The fourth-order valence-corrected chi connectivity index (χ4v) is 2.61. The molecule has 2 aromatic heterocycles. The van der Waals surface area contributed by atoms with Crippen LogP contribution < -0.4 is 10.6 Å². The van der Waals surface area contributed by atoms with Crippen LogP contribution in [0.25, 0.3) is 0 Å². The van der Waals surface area contributed by atoms with Crippen LogP contribution in [0.1, 0.15) is 33.0 Å². The molecule has 132 valence electrons. The average molecular weight is 347 g/mol. The summed E-state index contributed by atoms with van der Waals surface area (Å²) in [7, 11) is 0. The SMILES string of the molecule is Cc1ccc(NC(=O)c2cc(NCc3cccnc3)nc(C)n2)c(C)c1. The number of pyridine rings is 1. The summed E-state index contributed by atoms with van der Waals surface area (Å²) >= 11 is 0. The normalized spacial score (nSPS) is 10.4. The fraction of sp³-hybridized carbons (Fsp3) is 0.200. The van der Waals surface area contributed by atoms with Crippen LogP contribution in [0.5, 0.6) is 0 Å². The molecular formula is C20H21N5O. The molecule has 0 aliphatic carbocycles. The van der Waals surface area contributed by atoms with E-state index in [1.807, 2.05) is 44.2 Å². The molecule has 0 radical (unpaired) electrons. The molecule has 0 atom stereocenters. The summed E-state index contributed by atoms with van der Waals surface area (Å²) in [6.07, 6.45) is 3.52. The van der Waals surface area contributed by atoms with Gasteiger partial charge in [0.05, 0.1) is 0 Å². The third-order valence-corrected chi connectivity index (χ3v) is 3.90. The smallest absolute Gasteiger partial charge is 0.274 e. The van der Waals surface area contributed by atoms with E-state index in [1.165, 1.54) is 0 Å². The summed E-state index contributed by atoms with van der Waals surface area (Å²) < 4.78 is 0. The maximum absolute atomic E-state index is 12.6. The molecule has 0 saturated heterocycles. The molecule has 2 heterocycles. The van der Waals surface area contributed by atoms with Crippen LogP contribution in [0.2, 0.25) is 0 Å². The van der Waals surface area contributed by atoms with Gasteiger partial charge in [0.25, 0.3) is 5.91 Å². The minimum absolute atomic E-state index is 0.258. The number of benzene rings is 1. The summed E-state index contributed by atoms with van der Waals surface area (Å²) in [5.74, 6) is 0.881. The van der Waals surface area contributed by atoms with Crippen LogP contribution >= 0.6 is 0 Å². The molecule has 6 heteroatoms. The maximum Gasteiger partial charge on any atom is 0.274 e. The number of anilines is 2. The second-order valence-corrected chi connectivity index (χ2v) is 6.17. The van der Waals surface area contributed by atoms with Crippen LogP contribution in [0.3, 0.4) is 0 Å². The standard InChI is InChI=1S/C20H21N5O/c1-13-6-7-17(14(2)9-13)25-20(26)18-10-19(24-15(3)23-18)22-12-16-5-4-8-21-11-16/h4-11H,12H2,1-3H3,(H,25,26)(H,22,23,24). The average Bonchev–Trinajstić information content (AvgIpc) is 2.63. The van der Waals surface area contributed by atoms with Gasteiger partial charge in [-0.1, -0.05) is 23.8 Å². The highest BCUT2D eigenvalue weighted by molar-refractivity contribution is 6.03. The summed E-state index contributed by atoms with van der Waals surface area (Å²) in [6, 6.07) is 11.4. The highest BCUT2D eigenvalue weighted by Gasteiger charge is 2.12. The van der Waals surface area contributed by atoms with Gasteiger partial charge >= 0.3 is 0 Å². The molecule has 0 aliphatic rings. The summed E-state index contributed by atoms with van der Waals surface area (Å²) in [5.41, 5.74) is 4.30. The topological polar surface area (TPSA) is 79.8 Å². The zero-order valence-electron chi connectivity index (χ0n) is 15.1. The van der Waals surface area contributed by atoms with Crippen molar-refractivity contribution in [3.8, 4) is 0 Å². The van der Waals surface area contributed by atoms with E-state index in [0.29, 0.717) is 23.9 Å². The third kappa shape index (κ3) is 4.42. The van der Waals surface area contributed by atoms with E-state index in [9.17, 15) is 4.79 Å². The van der Waals surface area contributed by atoms with E-state index >= 15 is 0 Å². The molecule has 0 unspecified atom stereocenters. The van der Waals surface area contributed by atoms with Crippen LogP contribution in [-0.2, 0) is 6.54 Å². The van der Waals surface area contributed by atoms with Crippen molar-refractivity contribution in [2.24, 2.45) is 0 Å². The van der Waals surface area contributed by atoms with Crippen LogP contribution in [-0.4, -0.2) is 20.9 Å². The van der Waals surface area contributed by atoms with E-state index in [4.69, 9.17) is 0 Å². The number of carbonyl (C=O) groups excluding carboxylic acids is 1. The van der Waals surface area contributed by atoms with Crippen LogP contribution in [0.4, 0.5) is 11.5 Å². The zero-order valence-corrected chi connectivity index (χ0v) is 15.1. The predicted octanol–water partition coefficient (Wildman–Crippen LogP) is 3.66. The molecule has 1 aromatic carbocycles. The van der Waals surface area contributed by atoms with Crippen molar-refractivity contribution in [1.29, 1.82) is 0 Å². The Morgan fingerprint density at radius 2 is 1.92 bits per heavy atom. The largest absolute Gasteiger partial charge is 0.366 e. The van der Waals surface area contributed by atoms with E-state index in [-0.39, 0.29) is 5.91 Å². The monoisotopic (exact) mass is 347 g/mol. The van der Waals surface area contributed by atoms with Crippen molar-refractivity contribution in [2.45, 2.75) is 27.3 Å². The number of hydrogen-bond donors (Lipinski definition) is 2. The van der Waals surface area contributed by atoms with Crippen molar-refractivity contribution < 1.29 is 4.79 Å². The number of nitrogens with zero attached hydrogens (tertiary/aromatic N) is 3. The molecule has 0 saturated carbocycles. The van der Waals surface area contributed by atoms with E-state index in [0.717, 1.165) is 22.4 Å². The number of nitrogens with one attached hydrogen (secondary N) is 2. The Bertz CT molecular complexity index is 925. The number of amides is 1. The lowest BCUT2D eigenvalue weighted by atomic mass is 10.1.